The van der Waals surface area contributed by atoms with Crippen molar-refractivity contribution in [3.8, 4) is 0 Å². The van der Waals surface area contributed by atoms with Crippen LogP contribution in [0.4, 0.5) is 0 Å². The molecule has 0 bridgehead atoms. The smallest absolute Gasteiger partial charge is 0.245 e. The maximum absolute atomic E-state index is 12.7. The molecule has 24 heavy (non-hydrogen) atoms. The van der Waals surface area contributed by atoms with Crippen molar-refractivity contribution in [2.45, 2.75) is 4.90 Å². The van der Waals surface area contributed by atoms with Gasteiger partial charge in [-0.2, -0.15) is 13.1 Å². The van der Waals surface area contributed by atoms with E-state index in [0.29, 0.717) is 24.1 Å². The molecule has 2 heterocycles. The Balaban J connectivity index is 0.00000208. The van der Waals surface area contributed by atoms with E-state index in [4.69, 9.17) is 0 Å². The van der Waals surface area contributed by atoms with Gasteiger partial charge in [-0.1, -0.05) is 6.07 Å². The zero-order valence-corrected chi connectivity index (χ0v) is 15.5. The molecule has 1 aromatic heterocycles. The monoisotopic (exact) mass is 391 g/mol. The van der Waals surface area contributed by atoms with Crippen molar-refractivity contribution < 1.29 is 13.2 Å². The van der Waals surface area contributed by atoms with Crippen molar-refractivity contribution in [1.29, 1.82) is 0 Å². The maximum atomic E-state index is 12.7. The van der Waals surface area contributed by atoms with E-state index in [1.54, 1.807) is 17.0 Å². The molecule has 1 fully saturated rings. The van der Waals surface area contributed by atoms with E-state index in [9.17, 15) is 13.2 Å². The van der Waals surface area contributed by atoms with Gasteiger partial charge < -0.3 is 10.2 Å². The number of hydrogen-bond donors (Lipinski definition) is 1. The Bertz CT molecular complexity index is 820. The Labute approximate surface area is 150 Å². The predicted molar refractivity (Wildman–Crippen MR) is 93.9 cm³/mol. The van der Waals surface area contributed by atoms with Crippen LogP contribution >= 0.6 is 24.1 Å². The number of benzene rings is 1. The number of hydrogen-bond acceptors (Lipinski definition) is 7. The highest BCUT2D eigenvalue weighted by atomic mass is 35.5. The van der Waals surface area contributed by atoms with Crippen molar-refractivity contribution in [2.75, 3.05) is 39.8 Å². The molecule has 11 heteroatoms. The van der Waals surface area contributed by atoms with Gasteiger partial charge in [0.15, 0.2) is 0 Å². The first kappa shape index (κ1) is 19.0. The first-order valence-corrected chi connectivity index (χ1v) is 9.33. The van der Waals surface area contributed by atoms with E-state index in [0.717, 1.165) is 29.1 Å². The molecule has 3 rings (SSSR count). The Morgan fingerprint density at radius 3 is 2.75 bits per heavy atom. The topological polar surface area (TPSA) is 95.5 Å². The van der Waals surface area contributed by atoms with E-state index in [1.165, 1.54) is 13.1 Å². The van der Waals surface area contributed by atoms with Crippen molar-refractivity contribution in [2.24, 2.45) is 0 Å². The van der Waals surface area contributed by atoms with Crippen LogP contribution in [-0.2, 0) is 14.8 Å². The fraction of sp³-hybridized carbons (Fsp3) is 0.462. The standard InChI is InChI=1S/C13H17N5O3S2.ClH/c1-17(9-12(19)18-7-5-14-6-8-18)23(20,21)11-4-2-3-10-13(11)16-22-15-10;/h2-4,14H,5-9H2,1H3;1H. The van der Waals surface area contributed by atoms with Crippen LogP contribution in [0.1, 0.15) is 0 Å². The second-order valence-electron chi connectivity index (χ2n) is 5.28. The molecule has 1 amide bonds. The van der Waals surface area contributed by atoms with E-state index < -0.39 is 10.0 Å². The molecule has 0 spiro atoms. The van der Waals surface area contributed by atoms with Crippen LogP contribution in [0.5, 0.6) is 0 Å². The molecule has 2 aromatic rings. The Hall–Kier alpha value is -1.33. The van der Waals surface area contributed by atoms with Gasteiger partial charge in [-0.05, 0) is 12.1 Å². The zero-order valence-electron chi connectivity index (χ0n) is 13.0. The molecule has 0 radical (unpaired) electrons. The van der Waals surface area contributed by atoms with Gasteiger partial charge in [0.25, 0.3) is 0 Å². The highest BCUT2D eigenvalue weighted by Crippen LogP contribution is 2.23. The second kappa shape index (κ2) is 7.70. The Morgan fingerprint density at radius 1 is 1.33 bits per heavy atom. The number of amides is 1. The number of halogens is 1. The molecule has 1 saturated heterocycles. The number of nitrogens with one attached hydrogen (secondary N) is 1. The fourth-order valence-electron chi connectivity index (χ4n) is 2.45. The minimum Gasteiger partial charge on any atom is -0.339 e. The highest BCUT2D eigenvalue weighted by Gasteiger charge is 2.28. The van der Waals surface area contributed by atoms with Gasteiger partial charge >= 0.3 is 0 Å². The summed E-state index contributed by atoms with van der Waals surface area (Å²) >= 11 is 0.966. The number of likely N-dealkylation sites (N-methyl/N-ethyl adjacent to an activating group) is 1. The highest BCUT2D eigenvalue weighted by molar-refractivity contribution is 7.89. The van der Waals surface area contributed by atoms with Crippen LogP contribution in [0.15, 0.2) is 23.1 Å². The van der Waals surface area contributed by atoms with E-state index >= 15 is 0 Å². The first-order chi connectivity index (χ1) is 11.0. The lowest BCUT2D eigenvalue weighted by Crippen LogP contribution is -2.49. The lowest BCUT2D eigenvalue weighted by Gasteiger charge is -2.29. The Morgan fingerprint density at radius 2 is 2.04 bits per heavy atom. The summed E-state index contributed by atoms with van der Waals surface area (Å²) in [7, 11) is -2.38. The summed E-state index contributed by atoms with van der Waals surface area (Å²) in [4.78, 5) is 14.0. The molecule has 8 nitrogen and oxygen atoms in total. The summed E-state index contributed by atoms with van der Waals surface area (Å²) in [5.74, 6) is -0.193. The van der Waals surface area contributed by atoms with Crippen LogP contribution in [0.25, 0.3) is 11.0 Å². The first-order valence-electron chi connectivity index (χ1n) is 7.16. The molecule has 0 saturated carbocycles. The van der Waals surface area contributed by atoms with Gasteiger partial charge in [0, 0.05) is 33.2 Å². The molecular weight excluding hydrogens is 374 g/mol. The van der Waals surface area contributed by atoms with E-state index in [1.807, 2.05) is 0 Å². The second-order valence-corrected chi connectivity index (χ2v) is 7.82. The van der Waals surface area contributed by atoms with E-state index in [2.05, 4.69) is 14.1 Å². The van der Waals surface area contributed by atoms with Gasteiger partial charge in [0.1, 0.15) is 15.9 Å². The van der Waals surface area contributed by atoms with Crippen LogP contribution in [-0.4, -0.2) is 72.0 Å². The minimum atomic E-state index is -3.79. The summed E-state index contributed by atoms with van der Waals surface area (Å²) in [6, 6.07) is 4.83. The number of fused-ring (bicyclic) bond motifs is 1. The molecule has 0 aliphatic carbocycles. The number of carbonyl (C=O) groups excluding carboxylic acids is 1. The predicted octanol–water partition coefficient (Wildman–Crippen LogP) is 0.165. The lowest BCUT2D eigenvalue weighted by atomic mass is 10.3. The van der Waals surface area contributed by atoms with Crippen molar-refractivity contribution in [1.82, 2.24) is 23.3 Å². The maximum Gasteiger partial charge on any atom is 0.245 e. The zero-order chi connectivity index (χ0) is 16.4. The molecule has 1 aliphatic heterocycles. The van der Waals surface area contributed by atoms with Crippen LogP contribution in [0.2, 0.25) is 0 Å². The van der Waals surface area contributed by atoms with Crippen LogP contribution in [0.3, 0.4) is 0 Å². The number of rotatable bonds is 4. The SMILES string of the molecule is CN(CC(=O)N1CCNCC1)S(=O)(=O)c1cccc2nsnc12.Cl. The quantitative estimate of drug-likeness (QED) is 0.798. The van der Waals surface area contributed by atoms with Gasteiger partial charge in [0.05, 0.1) is 18.3 Å². The van der Waals surface area contributed by atoms with Gasteiger partial charge in [-0.25, -0.2) is 8.42 Å². The fourth-order valence-corrected chi connectivity index (χ4v) is 4.32. The molecule has 0 atom stereocenters. The molecular formula is C13H18ClN5O3S2. The Kier molecular flexibility index (Phi) is 6.10. The number of aromatic nitrogens is 2. The third kappa shape index (κ3) is 3.67. The lowest BCUT2D eigenvalue weighted by molar-refractivity contribution is -0.131. The third-order valence-corrected chi connectivity index (χ3v) is 6.14. The largest absolute Gasteiger partial charge is 0.339 e. The van der Waals surface area contributed by atoms with Gasteiger partial charge in [0.2, 0.25) is 15.9 Å². The normalized spacial score (nSPS) is 15.5. The van der Waals surface area contributed by atoms with Crippen LogP contribution in [0, 0.1) is 0 Å². The van der Waals surface area contributed by atoms with Gasteiger partial charge in [-0.3, -0.25) is 4.79 Å². The summed E-state index contributed by atoms with van der Waals surface area (Å²) in [6.45, 7) is 2.46. The van der Waals surface area contributed by atoms with Crippen molar-refractivity contribution in [3.63, 3.8) is 0 Å². The molecule has 1 aliphatic rings. The molecule has 132 valence electrons. The molecule has 0 unspecified atom stereocenters. The number of nitrogens with zero attached hydrogens (tertiary/aromatic N) is 4. The van der Waals surface area contributed by atoms with Crippen molar-refractivity contribution >= 4 is 51.1 Å². The minimum absolute atomic E-state index is 0. The molecule has 1 aromatic carbocycles. The van der Waals surface area contributed by atoms with Gasteiger partial charge in [-0.15, -0.1) is 12.4 Å². The summed E-state index contributed by atoms with van der Waals surface area (Å²) in [5, 5.41) is 3.16. The summed E-state index contributed by atoms with van der Waals surface area (Å²) < 4.78 is 34.7. The van der Waals surface area contributed by atoms with Crippen molar-refractivity contribution in [3.05, 3.63) is 18.2 Å². The number of carbonyl (C=O) groups is 1. The summed E-state index contributed by atoms with van der Waals surface area (Å²) in [6.07, 6.45) is 0. The summed E-state index contributed by atoms with van der Waals surface area (Å²) in [5.41, 5.74) is 0.886. The number of piperazine rings is 1. The average Bonchev–Trinajstić information content (AvgIpc) is 3.03. The third-order valence-electron chi connectivity index (χ3n) is 3.76. The molecule has 1 N–H and O–H groups in total. The number of sulfonamides is 1. The average molecular weight is 392 g/mol. The van der Waals surface area contributed by atoms with Crippen LogP contribution < -0.4 is 5.32 Å². The van der Waals surface area contributed by atoms with E-state index in [-0.39, 0.29) is 29.8 Å².